The van der Waals surface area contributed by atoms with Gasteiger partial charge >= 0.3 is 6.09 Å². The van der Waals surface area contributed by atoms with E-state index in [0.717, 1.165) is 0 Å². The number of hydrogen-bond donors (Lipinski definition) is 2. The highest BCUT2D eigenvalue weighted by atomic mass is 16.6. The molecule has 3 N–H and O–H groups in total. The third kappa shape index (κ3) is 4.42. The summed E-state index contributed by atoms with van der Waals surface area (Å²) >= 11 is 0. The van der Waals surface area contributed by atoms with Crippen molar-refractivity contribution in [3.05, 3.63) is 24.3 Å². The number of ether oxygens (including phenoxy) is 2. The summed E-state index contributed by atoms with van der Waals surface area (Å²) in [6.45, 7) is 2.18. The second-order valence-electron chi connectivity index (χ2n) is 3.06. The molecule has 0 heterocycles. The molecule has 0 atom stereocenters. The van der Waals surface area contributed by atoms with E-state index in [0.29, 0.717) is 18.0 Å². The van der Waals surface area contributed by atoms with Crippen LogP contribution in [-0.4, -0.2) is 25.8 Å². The lowest BCUT2D eigenvalue weighted by molar-refractivity contribution is 0.173. The molecule has 0 radical (unpaired) electrons. The summed E-state index contributed by atoms with van der Waals surface area (Å²) in [5, 5.41) is 2.37. The molecule has 1 aromatic rings. The Balaban J connectivity index is 2.81. The van der Waals surface area contributed by atoms with E-state index in [1.54, 1.807) is 31.2 Å². The lowest BCUT2D eigenvalue weighted by Crippen LogP contribution is -2.32. The maximum atomic E-state index is 11.0. The highest BCUT2D eigenvalue weighted by Gasteiger charge is 2.06. The van der Waals surface area contributed by atoms with Gasteiger partial charge in [0.2, 0.25) is 0 Å². The van der Waals surface area contributed by atoms with E-state index in [2.05, 4.69) is 15.0 Å². The first-order chi connectivity index (χ1) is 8.15. The van der Waals surface area contributed by atoms with Crippen LogP contribution in [-0.2, 0) is 9.47 Å². The molecule has 6 nitrogen and oxygen atoms in total. The molecule has 0 saturated carbocycles. The monoisotopic (exact) mass is 237 g/mol. The Bertz CT molecular complexity index is 401. The maximum Gasteiger partial charge on any atom is 0.414 e. The lowest BCUT2D eigenvalue weighted by Gasteiger charge is -2.07. The normalized spacial score (nSPS) is 10.8. The summed E-state index contributed by atoms with van der Waals surface area (Å²) in [6, 6.07) is 6.94. The predicted octanol–water partition coefficient (Wildman–Crippen LogP) is 1.65. The smallest absolute Gasteiger partial charge is 0.414 e. The quantitative estimate of drug-likeness (QED) is 0.465. The first-order valence-electron chi connectivity index (χ1n) is 5.07. The Hall–Kier alpha value is -2.24. The third-order valence-electron chi connectivity index (χ3n) is 1.80. The molecule has 6 heteroatoms. The molecule has 0 aromatic heterocycles. The van der Waals surface area contributed by atoms with Gasteiger partial charge in [-0.2, -0.15) is 4.99 Å². The number of carbonyl (C=O) groups excluding carboxylic acids is 1. The number of nitrogens with one attached hydrogen (secondary N) is 1. The van der Waals surface area contributed by atoms with Gasteiger partial charge in [-0.3, -0.25) is 0 Å². The number of nitrogens with zero attached hydrogens (tertiary/aromatic N) is 1. The van der Waals surface area contributed by atoms with Crippen LogP contribution in [0.15, 0.2) is 29.3 Å². The number of nitrogens with two attached hydrogens (primary N) is 1. The number of aliphatic imine (C=N–C) groups is 1. The van der Waals surface area contributed by atoms with Gasteiger partial charge in [-0.25, -0.2) is 10.1 Å². The van der Waals surface area contributed by atoms with Crippen molar-refractivity contribution in [3.8, 4) is 0 Å². The minimum absolute atomic E-state index is 0.0871. The molecule has 92 valence electrons. The molecule has 1 aromatic carbocycles. The number of amides is 1. The summed E-state index contributed by atoms with van der Waals surface area (Å²) in [5.74, 6) is 0. The van der Waals surface area contributed by atoms with Crippen LogP contribution < -0.4 is 11.1 Å². The van der Waals surface area contributed by atoms with Gasteiger partial charge < -0.3 is 15.2 Å². The molecule has 1 amide bonds. The lowest BCUT2D eigenvalue weighted by atomic mass is 10.3. The molecule has 0 saturated heterocycles. The molecule has 17 heavy (non-hydrogen) atoms. The Labute approximate surface area is 99.4 Å². The van der Waals surface area contributed by atoms with Crippen molar-refractivity contribution in [2.75, 3.05) is 19.5 Å². The van der Waals surface area contributed by atoms with Crippen LogP contribution in [0.3, 0.4) is 0 Å². The molecule has 1 rings (SSSR count). The predicted molar refractivity (Wildman–Crippen MR) is 65.1 cm³/mol. The summed E-state index contributed by atoms with van der Waals surface area (Å²) in [7, 11) is 1.27. The number of methoxy groups -OCH3 is 1. The fourth-order valence-corrected chi connectivity index (χ4v) is 1.04. The molecular formula is C11H15N3O3. The molecular weight excluding hydrogens is 222 g/mol. The van der Waals surface area contributed by atoms with Crippen LogP contribution >= 0.6 is 0 Å². The number of alkyl carbamates (subject to hydrolysis) is 1. The second-order valence-corrected chi connectivity index (χ2v) is 3.06. The minimum atomic E-state index is -0.632. The van der Waals surface area contributed by atoms with Gasteiger partial charge in [0, 0.05) is 5.69 Å². The number of anilines is 1. The molecule has 0 unspecified atom stereocenters. The zero-order valence-corrected chi connectivity index (χ0v) is 9.77. The number of hydrogen-bond acceptors (Lipinski definition) is 5. The van der Waals surface area contributed by atoms with Gasteiger partial charge in [-0.05, 0) is 31.2 Å². The number of nitrogen functional groups attached to an aromatic ring is 1. The van der Waals surface area contributed by atoms with Crippen molar-refractivity contribution in [1.82, 2.24) is 5.32 Å². The average Bonchev–Trinajstić information content (AvgIpc) is 2.32. The van der Waals surface area contributed by atoms with E-state index in [1.807, 2.05) is 0 Å². The minimum Gasteiger partial charge on any atom is -0.465 e. The van der Waals surface area contributed by atoms with Crippen LogP contribution in [0, 0.1) is 0 Å². The van der Waals surface area contributed by atoms with E-state index >= 15 is 0 Å². The van der Waals surface area contributed by atoms with Gasteiger partial charge in [0.05, 0.1) is 19.4 Å². The first-order valence-corrected chi connectivity index (χ1v) is 5.07. The van der Waals surface area contributed by atoms with Crippen molar-refractivity contribution in [2.24, 2.45) is 4.99 Å². The molecule has 0 spiro atoms. The van der Waals surface area contributed by atoms with E-state index in [-0.39, 0.29) is 6.02 Å². The topological polar surface area (TPSA) is 85.9 Å². The zero-order valence-electron chi connectivity index (χ0n) is 9.77. The Morgan fingerprint density at radius 1 is 1.41 bits per heavy atom. The van der Waals surface area contributed by atoms with Crippen LogP contribution in [0.4, 0.5) is 16.2 Å². The third-order valence-corrected chi connectivity index (χ3v) is 1.80. The van der Waals surface area contributed by atoms with Gasteiger partial charge in [0.1, 0.15) is 0 Å². The summed E-state index contributed by atoms with van der Waals surface area (Å²) in [4.78, 5) is 15.1. The highest BCUT2D eigenvalue weighted by molar-refractivity contribution is 5.91. The number of benzene rings is 1. The average molecular weight is 237 g/mol. The molecule has 0 aliphatic carbocycles. The first kappa shape index (κ1) is 12.8. The van der Waals surface area contributed by atoms with Crippen LogP contribution in [0.1, 0.15) is 6.92 Å². The molecule has 0 bridgehead atoms. The van der Waals surface area contributed by atoms with E-state index in [4.69, 9.17) is 10.5 Å². The molecule has 0 aliphatic rings. The van der Waals surface area contributed by atoms with Gasteiger partial charge in [0.25, 0.3) is 6.02 Å². The Morgan fingerprint density at radius 3 is 2.59 bits per heavy atom. The Morgan fingerprint density at radius 2 is 2.06 bits per heavy atom. The number of rotatable bonds is 2. The van der Waals surface area contributed by atoms with E-state index in [9.17, 15) is 4.79 Å². The van der Waals surface area contributed by atoms with Crippen LogP contribution in [0.25, 0.3) is 0 Å². The Kier molecular flexibility index (Phi) is 4.80. The van der Waals surface area contributed by atoms with Gasteiger partial charge in [0.15, 0.2) is 0 Å². The fraction of sp³-hybridized carbons (Fsp3) is 0.273. The SMILES string of the molecule is CCOC(=Nc1ccc(N)cc1)NC(=O)OC. The van der Waals surface area contributed by atoms with Crippen molar-refractivity contribution in [1.29, 1.82) is 0 Å². The maximum absolute atomic E-state index is 11.0. The number of amidine groups is 1. The second kappa shape index (κ2) is 6.37. The molecule has 0 aliphatic heterocycles. The summed E-state index contributed by atoms with van der Waals surface area (Å²) in [6.07, 6.45) is -0.632. The summed E-state index contributed by atoms with van der Waals surface area (Å²) in [5.41, 5.74) is 6.81. The fourth-order valence-electron chi connectivity index (χ4n) is 1.04. The summed E-state index contributed by atoms with van der Waals surface area (Å²) < 4.78 is 9.61. The van der Waals surface area contributed by atoms with Crippen LogP contribution in [0.5, 0.6) is 0 Å². The van der Waals surface area contributed by atoms with Crippen LogP contribution in [0.2, 0.25) is 0 Å². The van der Waals surface area contributed by atoms with Crippen molar-refractivity contribution in [2.45, 2.75) is 6.92 Å². The van der Waals surface area contributed by atoms with Crippen molar-refractivity contribution >= 4 is 23.5 Å². The van der Waals surface area contributed by atoms with Gasteiger partial charge in [-0.1, -0.05) is 0 Å². The van der Waals surface area contributed by atoms with Crippen molar-refractivity contribution < 1.29 is 14.3 Å². The standard InChI is InChI=1S/C11H15N3O3/c1-3-17-10(14-11(15)16-2)13-9-6-4-8(12)5-7-9/h4-7H,3,12H2,1-2H3,(H,13,14,15). The van der Waals surface area contributed by atoms with Crippen molar-refractivity contribution in [3.63, 3.8) is 0 Å². The van der Waals surface area contributed by atoms with Gasteiger partial charge in [-0.15, -0.1) is 0 Å². The molecule has 0 fully saturated rings. The number of carbonyl (C=O) groups is 1. The zero-order chi connectivity index (χ0) is 12.7. The van der Waals surface area contributed by atoms with E-state index < -0.39 is 6.09 Å². The largest absolute Gasteiger partial charge is 0.465 e. The highest BCUT2D eigenvalue weighted by Crippen LogP contribution is 2.14. The van der Waals surface area contributed by atoms with E-state index in [1.165, 1.54) is 7.11 Å².